The number of aliphatic carboxylic acids is 1. The minimum absolute atomic E-state index is 0.0782. The lowest BCUT2D eigenvalue weighted by molar-refractivity contribution is -0.146. The number of thioether (sulfide) groups is 1. The lowest BCUT2D eigenvalue weighted by Crippen LogP contribution is -2.34. The second-order valence-electron chi connectivity index (χ2n) is 5.06. The average Bonchev–Trinajstić information content (AvgIpc) is 2.81. The summed E-state index contributed by atoms with van der Waals surface area (Å²) in [5.74, 6) is -2.28. The van der Waals surface area contributed by atoms with E-state index in [9.17, 15) is 19.2 Å². The third-order valence-corrected chi connectivity index (χ3v) is 5.08. The van der Waals surface area contributed by atoms with E-state index in [2.05, 4.69) is 31.9 Å². The third kappa shape index (κ3) is 5.56. The minimum atomic E-state index is -1.16. The van der Waals surface area contributed by atoms with Crippen molar-refractivity contribution < 1.29 is 33.8 Å². The Morgan fingerprint density at radius 2 is 2.00 bits per heavy atom. The number of carbonyl (C=O) groups excluding carboxylic acids is 3. The van der Waals surface area contributed by atoms with Gasteiger partial charge in [0.2, 0.25) is 0 Å². The molecule has 0 radical (unpaired) electrons. The smallest absolute Gasteiger partial charge is 0.341 e. The van der Waals surface area contributed by atoms with E-state index >= 15 is 0 Å². The molecule has 0 bridgehead atoms. The molecule has 1 aliphatic rings. The predicted molar refractivity (Wildman–Crippen MR) is 104 cm³/mol. The van der Waals surface area contributed by atoms with Crippen molar-refractivity contribution in [2.24, 2.45) is 0 Å². The second kappa shape index (κ2) is 9.38. The molecule has 0 unspecified atom stereocenters. The fourth-order valence-corrected chi connectivity index (χ4v) is 4.29. The van der Waals surface area contributed by atoms with Gasteiger partial charge in [-0.25, -0.2) is 4.79 Å². The number of rotatable bonds is 7. The Hall–Kier alpha value is -1.85. The van der Waals surface area contributed by atoms with E-state index in [0.29, 0.717) is 26.3 Å². The molecule has 11 heteroatoms. The summed E-state index contributed by atoms with van der Waals surface area (Å²) in [5, 5.41) is 8.22. The number of nitrogens with zero attached hydrogens (tertiary/aromatic N) is 1. The van der Waals surface area contributed by atoms with Gasteiger partial charge in [-0.15, -0.1) is 0 Å². The Balaban J connectivity index is 2.32. The van der Waals surface area contributed by atoms with Crippen LogP contribution in [0.2, 0.25) is 0 Å². The first-order valence-electron chi connectivity index (χ1n) is 7.47. The monoisotopic (exact) mass is 521 g/mol. The highest BCUT2D eigenvalue weighted by Crippen LogP contribution is 2.38. The number of carboxylic acids is 1. The van der Waals surface area contributed by atoms with Crippen LogP contribution < -0.4 is 4.74 Å². The van der Waals surface area contributed by atoms with E-state index in [1.54, 1.807) is 19.1 Å². The lowest BCUT2D eigenvalue weighted by atomic mass is 10.2. The van der Waals surface area contributed by atoms with Crippen molar-refractivity contribution in [1.82, 2.24) is 4.90 Å². The maximum absolute atomic E-state index is 12.5. The highest BCUT2D eigenvalue weighted by atomic mass is 79.9. The SMILES string of the molecule is CCOC(=O)CN1C(=O)S/C(=C\c2cc(Br)cc(Br)c2OCC(=O)O)C1=O. The van der Waals surface area contributed by atoms with E-state index in [4.69, 9.17) is 14.6 Å². The molecule has 1 saturated heterocycles. The maximum atomic E-state index is 12.5. The van der Waals surface area contributed by atoms with Crippen LogP contribution in [0.1, 0.15) is 12.5 Å². The van der Waals surface area contributed by atoms with E-state index in [-0.39, 0.29) is 17.3 Å². The van der Waals surface area contributed by atoms with Crippen molar-refractivity contribution in [3.05, 3.63) is 31.5 Å². The molecule has 27 heavy (non-hydrogen) atoms. The molecular formula is C16H13Br2NO7S. The molecule has 1 fully saturated rings. The minimum Gasteiger partial charge on any atom is -0.480 e. The predicted octanol–water partition coefficient (Wildman–Crippen LogP) is 3.27. The number of esters is 1. The number of benzene rings is 1. The number of imide groups is 1. The fourth-order valence-electron chi connectivity index (χ4n) is 2.09. The van der Waals surface area contributed by atoms with Gasteiger partial charge >= 0.3 is 11.9 Å². The summed E-state index contributed by atoms with van der Waals surface area (Å²) < 4.78 is 11.1. The van der Waals surface area contributed by atoms with Crippen LogP contribution in [0.25, 0.3) is 6.08 Å². The molecule has 2 rings (SSSR count). The lowest BCUT2D eigenvalue weighted by Gasteiger charge is -2.12. The quantitative estimate of drug-likeness (QED) is 0.429. The molecule has 1 N–H and O–H groups in total. The number of hydrogen-bond acceptors (Lipinski definition) is 7. The molecule has 0 atom stereocenters. The Labute approximate surface area is 175 Å². The Kier molecular flexibility index (Phi) is 7.45. The summed E-state index contributed by atoms with van der Waals surface area (Å²) in [6.07, 6.45) is 1.41. The van der Waals surface area contributed by atoms with Crippen molar-refractivity contribution in [2.45, 2.75) is 6.92 Å². The first-order chi connectivity index (χ1) is 12.7. The molecule has 144 valence electrons. The first kappa shape index (κ1) is 21.5. The zero-order valence-electron chi connectivity index (χ0n) is 13.9. The van der Waals surface area contributed by atoms with Crippen molar-refractivity contribution >= 4 is 72.8 Å². The molecule has 0 aromatic heterocycles. The topological polar surface area (TPSA) is 110 Å². The third-order valence-electron chi connectivity index (χ3n) is 3.13. The summed E-state index contributed by atoms with van der Waals surface area (Å²) in [6.45, 7) is 0.711. The maximum Gasteiger partial charge on any atom is 0.341 e. The number of carbonyl (C=O) groups is 4. The van der Waals surface area contributed by atoms with Crippen LogP contribution in [0.5, 0.6) is 5.75 Å². The van der Waals surface area contributed by atoms with Gasteiger partial charge in [0, 0.05) is 10.0 Å². The van der Waals surface area contributed by atoms with Crippen molar-refractivity contribution in [2.75, 3.05) is 19.8 Å². The number of ether oxygens (including phenoxy) is 2. The van der Waals surface area contributed by atoms with Gasteiger partial charge in [0.25, 0.3) is 11.1 Å². The second-order valence-corrected chi connectivity index (χ2v) is 7.82. The van der Waals surface area contributed by atoms with Crippen LogP contribution in [0.15, 0.2) is 26.0 Å². The highest BCUT2D eigenvalue weighted by molar-refractivity contribution is 9.11. The van der Waals surface area contributed by atoms with Crippen LogP contribution in [-0.2, 0) is 19.1 Å². The molecule has 0 spiro atoms. The number of halogens is 2. The summed E-state index contributed by atoms with van der Waals surface area (Å²) in [4.78, 5) is 47.7. The molecule has 8 nitrogen and oxygen atoms in total. The normalized spacial score (nSPS) is 15.4. The molecule has 1 aromatic rings. The molecule has 2 amide bonds. The highest BCUT2D eigenvalue weighted by Gasteiger charge is 2.36. The summed E-state index contributed by atoms with van der Waals surface area (Å²) in [6, 6.07) is 3.27. The summed E-state index contributed by atoms with van der Waals surface area (Å²) >= 11 is 7.25. The van der Waals surface area contributed by atoms with Gasteiger partial charge in [-0.3, -0.25) is 19.3 Å². The standard InChI is InChI=1S/C16H13Br2NO7S/c1-2-25-13(22)6-19-15(23)11(27-16(19)24)4-8-3-9(17)5-10(18)14(8)26-7-12(20)21/h3-5H,2,6-7H2,1H3,(H,20,21)/b11-4-. The molecular weight excluding hydrogens is 510 g/mol. The molecule has 1 aliphatic heterocycles. The van der Waals surface area contributed by atoms with E-state index in [1.165, 1.54) is 6.08 Å². The molecule has 0 aliphatic carbocycles. The van der Waals surface area contributed by atoms with Gasteiger partial charge in [-0.1, -0.05) is 15.9 Å². The van der Waals surface area contributed by atoms with Crippen molar-refractivity contribution in [1.29, 1.82) is 0 Å². The van der Waals surface area contributed by atoms with E-state index in [0.717, 1.165) is 4.90 Å². The van der Waals surface area contributed by atoms with Gasteiger partial charge in [0.05, 0.1) is 16.0 Å². The van der Waals surface area contributed by atoms with Crippen molar-refractivity contribution in [3.8, 4) is 5.75 Å². The van der Waals surface area contributed by atoms with E-state index in [1.807, 2.05) is 0 Å². The largest absolute Gasteiger partial charge is 0.480 e. The molecule has 0 saturated carbocycles. The van der Waals surface area contributed by atoms with Crippen LogP contribution in [-0.4, -0.2) is 52.8 Å². The summed E-state index contributed by atoms with van der Waals surface area (Å²) in [5.41, 5.74) is 0.388. The number of amides is 2. The zero-order chi connectivity index (χ0) is 20.1. The van der Waals surface area contributed by atoms with Gasteiger partial charge in [-0.05, 0) is 52.8 Å². The molecule has 1 aromatic carbocycles. The zero-order valence-corrected chi connectivity index (χ0v) is 17.8. The Morgan fingerprint density at radius 3 is 2.63 bits per heavy atom. The summed E-state index contributed by atoms with van der Waals surface area (Å²) in [7, 11) is 0. The fraction of sp³-hybridized carbons (Fsp3) is 0.250. The first-order valence-corrected chi connectivity index (χ1v) is 9.87. The van der Waals surface area contributed by atoms with Gasteiger partial charge < -0.3 is 14.6 Å². The molecule has 1 heterocycles. The van der Waals surface area contributed by atoms with Crippen LogP contribution in [0.3, 0.4) is 0 Å². The van der Waals surface area contributed by atoms with Gasteiger partial charge in [0.1, 0.15) is 12.3 Å². The van der Waals surface area contributed by atoms with Crippen LogP contribution >= 0.6 is 43.6 Å². The van der Waals surface area contributed by atoms with Crippen LogP contribution in [0, 0.1) is 0 Å². The number of hydrogen-bond donors (Lipinski definition) is 1. The number of carboxylic acid groups (broad SMARTS) is 1. The van der Waals surface area contributed by atoms with Gasteiger partial charge in [0.15, 0.2) is 6.61 Å². The van der Waals surface area contributed by atoms with Crippen molar-refractivity contribution in [3.63, 3.8) is 0 Å². The average molecular weight is 523 g/mol. The van der Waals surface area contributed by atoms with Gasteiger partial charge in [-0.2, -0.15) is 0 Å². The van der Waals surface area contributed by atoms with E-state index < -0.39 is 36.2 Å². The Morgan fingerprint density at radius 1 is 1.30 bits per heavy atom. The Bertz CT molecular complexity index is 840. The van der Waals surface area contributed by atoms with Crippen LogP contribution in [0.4, 0.5) is 4.79 Å².